The van der Waals surface area contributed by atoms with Gasteiger partial charge in [-0.2, -0.15) is 0 Å². The van der Waals surface area contributed by atoms with Gasteiger partial charge in [-0.05, 0) is 50.8 Å². The summed E-state index contributed by atoms with van der Waals surface area (Å²) in [7, 11) is 1.54. The van der Waals surface area contributed by atoms with Crippen LogP contribution in [0.25, 0.3) is 0 Å². The number of methoxy groups -OCH3 is 1. The first-order valence-corrected chi connectivity index (χ1v) is 8.40. The first-order valence-electron chi connectivity index (χ1n) is 8.40. The van der Waals surface area contributed by atoms with E-state index in [0.29, 0.717) is 36.6 Å². The van der Waals surface area contributed by atoms with Crippen LogP contribution in [0.1, 0.15) is 49.4 Å². The maximum atomic E-state index is 12.9. The van der Waals surface area contributed by atoms with Gasteiger partial charge in [-0.25, -0.2) is 0 Å². The van der Waals surface area contributed by atoms with E-state index >= 15 is 0 Å². The molecular formula is C18H25NO5. The molecule has 1 aliphatic rings. The Balaban J connectivity index is 2.17. The lowest BCUT2D eigenvalue weighted by Gasteiger charge is -2.35. The number of amides is 1. The van der Waals surface area contributed by atoms with Crippen LogP contribution in [0.5, 0.6) is 11.5 Å². The van der Waals surface area contributed by atoms with Crippen molar-refractivity contribution in [2.75, 3.05) is 20.3 Å². The van der Waals surface area contributed by atoms with Crippen LogP contribution in [0, 0.1) is 0 Å². The van der Waals surface area contributed by atoms with Gasteiger partial charge in [0, 0.05) is 24.6 Å². The number of rotatable bonds is 7. The third kappa shape index (κ3) is 4.40. The van der Waals surface area contributed by atoms with Crippen LogP contribution in [0.15, 0.2) is 18.2 Å². The monoisotopic (exact) mass is 335 g/mol. The molecule has 1 saturated heterocycles. The lowest BCUT2D eigenvalue weighted by Crippen LogP contribution is -2.44. The van der Waals surface area contributed by atoms with Gasteiger partial charge in [0.2, 0.25) is 0 Å². The number of benzene rings is 1. The van der Waals surface area contributed by atoms with Crippen molar-refractivity contribution >= 4 is 11.9 Å². The predicted octanol–water partition coefficient (Wildman–Crippen LogP) is 2.95. The highest BCUT2D eigenvalue weighted by Crippen LogP contribution is 2.30. The van der Waals surface area contributed by atoms with Crippen LogP contribution in [0.2, 0.25) is 0 Å². The molecule has 2 rings (SSSR count). The van der Waals surface area contributed by atoms with Crippen molar-refractivity contribution in [3.63, 3.8) is 0 Å². The molecule has 6 heteroatoms. The second kappa shape index (κ2) is 8.57. The quantitative estimate of drug-likeness (QED) is 0.829. The highest BCUT2D eigenvalue weighted by atomic mass is 16.5. The summed E-state index contributed by atoms with van der Waals surface area (Å²) in [5, 5.41) is 8.90. The predicted molar refractivity (Wildman–Crippen MR) is 89.7 cm³/mol. The Labute approximate surface area is 142 Å². The van der Waals surface area contributed by atoms with Gasteiger partial charge in [0.25, 0.3) is 5.91 Å². The van der Waals surface area contributed by atoms with Crippen LogP contribution in [-0.2, 0) is 4.79 Å². The average molecular weight is 335 g/mol. The molecule has 1 aliphatic heterocycles. The number of carbonyl (C=O) groups excluding carboxylic acids is 1. The molecule has 24 heavy (non-hydrogen) atoms. The third-order valence-electron chi connectivity index (χ3n) is 4.29. The van der Waals surface area contributed by atoms with Gasteiger partial charge in [0.1, 0.15) is 0 Å². The van der Waals surface area contributed by atoms with E-state index in [1.807, 2.05) is 11.8 Å². The number of aliphatic carboxylic acids is 1. The molecule has 6 nitrogen and oxygen atoms in total. The Kier molecular flexibility index (Phi) is 6.46. The lowest BCUT2D eigenvalue weighted by molar-refractivity contribution is -0.137. The van der Waals surface area contributed by atoms with Crippen LogP contribution in [0.3, 0.4) is 0 Å². The Morgan fingerprint density at radius 2 is 2.08 bits per heavy atom. The first-order chi connectivity index (χ1) is 11.6. The zero-order valence-electron chi connectivity index (χ0n) is 14.3. The van der Waals surface area contributed by atoms with Crippen molar-refractivity contribution in [2.24, 2.45) is 0 Å². The molecule has 1 aromatic carbocycles. The summed E-state index contributed by atoms with van der Waals surface area (Å²) in [6, 6.07) is 5.15. The summed E-state index contributed by atoms with van der Waals surface area (Å²) in [4.78, 5) is 25.5. The molecule has 1 aromatic rings. The van der Waals surface area contributed by atoms with Crippen molar-refractivity contribution in [2.45, 2.75) is 45.1 Å². The van der Waals surface area contributed by atoms with Crippen molar-refractivity contribution < 1.29 is 24.2 Å². The molecule has 0 bridgehead atoms. The number of carboxylic acid groups (broad SMARTS) is 1. The van der Waals surface area contributed by atoms with E-state index in [1.165, 1.54) is 0 Å². The lowest BCUT2D eigenvalue weighted by atomic mass is 9.97. The van der Waals surface area contributed by atoms with Crippen LogP contribution in [0.4, 0.5) is 0 Å². The maximum absolute atomic E-state index is 12.9. The molecule has 1 atom stereocenters. The SMILES string of the molecule is CCOc1ccc(C(=O)N2CCCCC2CCC(=O)O)cc1OC. The number of carboxylic acids is 1. The molecule has 0 aliphatic carbocycles. The molecule has 1 amide bonds. The number of likely N-dealkylation sites (tertiary alicyclic amines) is 1. The minimum Gasteiger partial charge on any atom is -0.493 e. The second-order valence-electron chi connectivity index (χ2n) is 5.88. The largest absolute Gasteiger partial charge is 0.493 e. The Morgan fingerprint density at radius 1 is 1.29 bits per heavy atom. The van der Waals surface area contributed by atoms with Crippen LogP contribution in [-0.4, -0.2) is 48.2 Å². The molecule has 1 heterocycles. The van der Waals surface area contributed by atoms with Gasteiger partial charge in [0.15, 0.2) is 11.5 Å². The summed E-state index contributed by atoms with van der Waals surface area (Å²) >= 11 is 0. The fraction of sp³-hybridized carbons (Fsp3) is 0.556. The topological polar surface area (TPSA) is 76.1 Å². The van der Waals surface area contributed by atoms with E-state index in [4.69, 9.17) is 14.6 Å². The number of piperidine rings is 1. The summed E-state index contributed by atoms with van der Waals surface area (Å²) < 4.78 is 10.8. The fourth-order valence-electron chi connectivity index (χ4n) is 3.10. The minimum atomic E-state index is -0.823. The molecule has 1 unspecified atom stereocenters. The number of ether oxygens (including phenoxy) is 2. The Hall–Kier alpha value is -2.24. The molecule has 0 radical (unpaired) electrons. The Bertz CT molecular complexity index is 587. The highest BCUT2D eigenvalue weighted by molar-refractivity contribution is 5.95. The van der Waals surface area contributed by atoms with Crippen molar-refractivity contribution in [3.05, 3.63) is 23.8 Å². The third-order valence-corrected chi connectivity index (χ3v) is 4.29. The zero-order chi connectivity index (χ0) is 17.5. The molecule has 0 aromatic heterocycles. The normalized spacial score (nSPS) is 17.4. The minimum absolute atomic E-state index is 0.0140. The molecule has 1 fully saturated rings. The maximum Gasteiger partial charge on any atom is 0.303 e. The van der Waals surface area contributed by atoms with Gasteiger partial charge in [-0.1, -0.05) is 0 Å². The average Bonchev–Trinajstić information content (AvgIpc) is 2.60. The second-order valence-corrected chi connectivity index (χ2v) is 5.88. The summed E-state index contributed by atoms with van der Waals surface area (Å²) in [5.74, 6) is 0.238. The van der Waals surface area contributed by atoms with Crippen LogP contribution < -0.4 is 9.47 Å². The van der Waals surface area contributed by atoms with Gasteiger partial charge in [0.05, 0.1) is 13.7 Å². The van der Waals surface area contributed by atoms with Gasteiger partial charge < -0.3 is 19.5 Å². The van der Waals surface area contributed by atoms with Crippen molar-refractivity contribution in [3.8, 4) is 11.5 Å². The summed E-state index contributed by atoms with van der Waals surface area (Å²) in [5.41, 5.74) is 0.539. The number of carbonyl (C=O) groups is 2. The van der Waals surface area contributed by atoms with Gasteiger partial charge in [-0.15, -0.1) is 0 Å². The smallest absolute Gasteiger partial charge is 0.303 e. The molecule has 1 N–H and O–H groups in total. The Morgan fingerprint density at radius 3 is 2.75 bits per heavy atom. The molecular weight excluding hydrogens is 310 g/mol. The zero-order valence-corrected chi connectivity index (χ0v) is 14.3. The molecule has 132 valence electrons. The van der Waals surface area contributed by atoms with E-state index < -0.39 is 5.97 Å². The van der Waals surface area contributed by atoms with Crippen molar-refractivity contribution in [1.82, 2.24) is 4.90 Å². The standard InChI is InChI=1S/C18H25NO5/c1-3-24-15-9-7-13(12-16(15)23-2)18(22)19-11-5-4-6-14(19)8-10-17(20)21/h7,9,12,14H,3-6,8,10-11H2,1-2H3,(H,20,21). The summed E-state index contributed by atoms with van der Waals surface area (Å²) in [6.07, 6.45) is 3.41. The van der Waals surface area contributed by atoms with Gasteiger partial charge in [-0.3, -0.25) is 9.59 Å². The molecule has 0 spiro atoms. The van der Waals surface area contributed by atoms with E-state index in [2.05, 4.69) is 0 Å². The fourth-order valence-corrected chi connectivity index (χ4v) is 3.10. The molecule has 0 saturated carbocycles. The number of hydrogen-bond donors (Lipinski definition) is 1. The van der Waals surface area contributed by atoms with E-state index in [9.17, 15) is 9.59 Å². The first kappa shape index (κ1) is 18.1. The highest BCUT2D eigenvalue weighted by Gasteiger charge is 2.28. The number of hydrogen-bond acceptors (Lipinski definition) is 4. The van der Waals surface area contributed by atoms with Crippen LogP contribution >= 0.6 is 0 Å². The summed E-state index contributed by atoms with van der Waals surface area (Å²) in [6.45, 7) is 3.07. The number of nitrogens with zero attached hydrogens (tertiary/aromatic N) is 1. The van der Waals surface area contributed by atoms with E-state index in [-0.39, 0.29) is 18.4 Å². The van der Waals surface area contributed by atoms with E-state index in [0.717, 1.165) is 19.3 Å². The van der Waals surface area contributed by atoms with Gasteiger partial charge >= 0.3 is 5.97 Å². The van der Waals surface area contributed by atoms with Crippen molar-refractivity contribution in [1.29, 1.82) is 0 Å². The van der Waals surface area contributed by atoms with E-state index in [1.54, 1.807) is 25.3 Å².